The van der Waals surface area contributed by atoms with Crippen molar-refractivity contribution in [2.75, 3.05) is 28.8 Å². The zero-order valence-electron chi connectivity index (χ0n) is 34.9. The quantitative estimate of drug-likeness (QED) is 0.0955. The molecule has 4 aromatic carbocycles. The average Bonchev–Trinajstić information content (AvgIpc) is 3.94. The fraction of sp³-hybridized carbons (Fsp3) is 0.271. The molecule has 63 heavy (non-hydrogen) atoms. The molecule has 2 aromatic heterocycles. The van der Waals surface area contributed by atoms with Crippen molar-refractivity contribution < 1.29 is 24.3 Å². The largest absolute Gasteiger partial charge is 0.508 e. The van der Waals surface area contributed by atoms with Crippen LogP contribution in [0.1, 0.15) is 36.8 Å². The molecule has 4 aliphatic rings. The highest BCUT2D eigenvalue weighted by Crippen LogP contribution is 2.64. The van der Waals surface area contributed by atoms with Gasteiger partial charge in [-0.15, -0.1) is 11.3 Å². The normalized spacial score (nSPS) is 24.4. The Morgan fingerprint density at radius 2 is 1.49 bits per heavy atom. The standard InChI is InChI=1S/C48H41Cl2N7O5S/c1-24-33-20-26(50)7-19-39(33)63-43(24)37-23-40(55(5)53-37)57-45(60)36-22-34-31(42(48(36,2)47(57)62)35-21-25(49)6-18-38(35)58)16-17-32-41(34)46(61)56(44(32)59)30-14-10-28(11-15-30)52-51-27-8-12-29(13-9-27)54(3)4/h6-16,18-21,23,32,34,36,41-42,58H,17,22H2,1-5H3/b52-51+/t32-,34+,36?,41-,42?,48?/m0/s1. The summed E-state index contributed by atoms with van der Waals surface area (Å²) in [5.74, 6) is -5.21. The molecule has 1 saturated carbocycles. The number of aromatic hydroxyl groups is 1. The minimum Gasteiger partial charge on any atom is -0.508 e. The molecular formula is C48H41Cl2N7O5S. The lowest BCUT2D eigenvalue weighted by Crippen LogP contribution is -2.49. The van der Waals surface area contributed by atoms with E-state index in [9.17, 15) is 14.7 Å². The lowest BCUT2D eigenvalue weighted by atomic mass is 9.51. The Morgan fingerprint density at radius 3 is 2.19 bits per heavy atom. The van der Waals surface area contributed by atoms with Crippen LogP contribution >= 0.6 is 34.5 Å². The molecule has 15 heteroatoms. The molecule has 3 fully saturated rings. The number of hydrogen-bond donors (Lipinski definition) is 1. The zero-order valence-corrected chi connectivity index (χ0v) is 37.2. The highest BCUT2D eigenvalue weighted by Gasteiger charge is 2.68. The third kappa shape index (κ3) is 6.34. The Balaban J connectivity index is 0.993. The van der Waals surface area contributed by atoms with Gasteiger partial charge in [0.05, 0.1) is 45.1 Å². The van der Waals surface area contributed by atoms with Crippen LogP contribution in [-0.2, 0) is 26.2 Å². The van der Waals surface area contributed by atoms with E-state index in [-0.39, 0.29) is 30.4 Å². The minimum absolute atomic E-state index is 0.0897. The van der Waals surface area contributed by atoms with Gasteiger partial charge in [0, 0.05) is 59.1 Å². The number of nitrogens with zero attached hydrogens (tertiary/aromatic N) is 7. The van der Waals surface area contributed by atoms with Gasteiger partial charge in [-0.3, -0.25) is 28.8 Å². The second kappa shape index (κ2) is 15.0. The van der Waals surface area contributed by atoms with Gasteiger partial charge in [-0.25, -0.2) is 4.90 Å². The number of allylic oxidation sites excluding steroid dienone is 2. The van der Waals surface area contributed by atoms with Crippen molar-refractivity contribution in [3.63, 3.8) is 0 Å². The highest BCUT2D eigenvalue weighted by atomic mass is 35.5. The van der Waals surface area contributed by atoms with Gasteiger partial charge in [0.2, 0.25) is 23.6 Å². The van der Waals surface area contributed by atoms with Gasteiger partial charge in [0.25, 0.3) is 0 Å². The number of fused-ring (bicyclic) bond motifs is 5. The second-order valence-corrected chi connectivity index (χ2v) is 19.1. The molecule has 10 rings (SSSR count). The first kappa shape index (κ1) is 40.9. The van der Waals surface area contributed by atoms with Crippen LogP contribution in [0.25, 0.3) is 20.7 Å². The number of phenols is 1. The topological polar surface area (TPSA) is 141 Å². The Hall–Kier alpha value is -6.15. The molecule has 0 spiro atoms. The smallest absolute Gasteiger partial charge is 0.242 e. The lowest BCUT2D eigenvalue weighted by molar-refractivity contribution is -0.131. The van der Waals surface area contributed by atoms with Gasteiger partial charge < -0.3 is 10.0 Å². The fourth-order valence-electron chi connectivity index (χ4n) is 10.4. The van der Waals surface area contributed by atoms with Crippen LogP contribution in [0.3, 0.4) is 0 Å². The number of carbonyl (C=O) groups excluding carboxylic acids is 4. The summed E-state index contributed by atoms with van der Waals surface area (Å²) in [4.78, 5) is 64.5. The van der Waals surface area contributed by atoms with E-state index in [1.807, 2.05) is 74.5 Å². The van der Waals surface area contributed by atoms with E-state index < -0.39 is 46.8 Å². The van der Waals surface area contributed by atoms with Crippen LogP contribution in [0.5, 0.6) is 5.75 Å². The number of azo groups is 1. The summed E-state index contributed by atoms with van der Waals surface area (Å²) in [6, 6.07) is 26.6. The molecular weight excluding hydrogens is 858 g/mol. The number of hydrogen-bond acceptors (Lipinski definition) is 10. The molecule has 2 aliphatic heterocycles. The summed E-state index contributed by atoms with van der Waals surface area (Å²) < 4.78 is 2.58. The first-order valence-corrected chi connectivity index (χ1v) is 22.2. The van der Waals surface area contributed by atoms with Crippen LogP contribution in [0.4, 0.5) is 28.6 Å². The van der Waals surface area contributed by atoms with E-state index in [0.29, 0.717) is 44.2 Å². The summed E-state index contributed by atoms with van der Waals surface area (Å²) in [5.41, 5.74) is 3.97. The Labute approximate surface area is 377 Å². The van der Waals surface area contributed by atoms with Gasteiger partial charge >= 0.3 is 0 Å². The number of carbonyl (C=O) groups is 4. The van der Waals surface area contributed by atoms with Crippen LogP contribution < -0.4 is 14.7 Å². The Bertz CT molecular complexity index is 3000. The molecule has 0 radical (unpaired) electrons. The molecule has 4 amide bonds. The lowest BCUT2D eigenvalue weighted by Gasteiger charge is -2.49. The van der Waals surface area contributed by atoms with E-state index in [1.165, 1.54) is 15.9 Å². The van der Waals surface area contributed by atoms with Gasteiger partial charge in [0.15, 0.2) is 0 Å². The second-order valence-electron chi connectivity index (χ2n) is 17.2. The minimum atomic E-state index is -1.40. The third-order valence-electron chi connectivity index (χ3n) is 13.5. The summed E-state index contributed by atoms with van der Waals surface area (Å²) in [7, 11) is 5.63. The molecule has 1 N–H and O–H groups in total. The number of halogens is 2. The number of phenolic OH excluding ortho intramolecular Hbond substituents is 1. The first-order chi connectivity index (χ1) is 30.1. The van der Waals surface area contributed by atoms with Crippen molar-refractivity contribution in [3.05, 3.63) is 124 Å². The molecule has 2 aliphatic carbocycles. The molecule has 4 heterocycles. The van der Waals surface area contributed by atoms with Crippen LogP contribution in [0, 0.1) is 36.0 Å². The first-order valence-electron chi connectivity index (χ1n) is 20.6. The van der Waals surface area contributed by atoms with Crippen LogP contribution in [-0.4, -0.2) is 52.6 Å². The number of rotatable bonds is 7. The molecule has 0 bridgehead atoms. The average molecular weight is 899 g/mol. The maximum absolute atomic E-state index is 15.2. The van der Waals surface area contributed by atoms with Crippen LogP contribution in [0.2, 0.25) is 10.0 Å². The van der Waals surface area contributed by atoms with Crippen molar-refractivity contribution in [2.45, 2.75) is 32.6 Å². The summed E-state index contributed by atoms with van der Waals surface area (Å²) in [5, 5.41) is 27.0. The Morgan fingerprint density at radius 1 is 0.825 bits per heavy atom. The van der Waals surface area contributed by atoms with E-state index in [0.717, 1.165) is 31.8 Å². The highest BCUT2D eigenvalue weighted by molar-refractivity contribution is 7.22. The fourth-order valence-corrected chi connectivity index (χ4v) is 11.9. The van der Waals surface area contributed by atoms with E-state index in [2.05, 4.69) is 10.2 Å². The van der Waals surface area contributed by atoms with E-state index in [1.54, 1.807) is 72.5 Å². The van der Waals surface area contributed by atoms with Gasteiger partial charge in [0.1, 0.15) is 17.3 Å². The van der Waals surface area contributed by atoms with Crippen molar-refractivity contribution >= 4 is 96.8 Å². The molecule has 6 aromatic rings. The van der Waals surface area contributed by atoms with E-state index in [4.69, 9.17) is 28.3 Å². The SMILES string of the molecule is Cc1c(-c2cc(N3C(=O)C4C[C@@H]5C(=CC[C@@H]6C(=O)N(c7ccc(/N=N/c8ccc(N(C)C)cc8)cc7)C(=O)[C@@H]65)C(c5cc(Cl)ccc5O)C4(C)C3=O)n(C)n2)sc2ccc(Cl)cc12. The maximum atomic E-state index is 15.2. The number of aryl methyl sites for hydroxylation is 2. The molecule has 318 valence electrons. The predicted octanol–water partition coefficient (Wildman–Crippen LogP) is 10.5. The zero-order chi connectivity index (χ0) is 44.2. The predicted molar refractivity (Wildman–Crippen MR) is 245 cm³/mol. The number of thiophene rings is 1. The maximum Gasteiger partial charge on any atom is 0.242 e. The molecule has 12 nitrogen and oxygen atoms in total. The number of benzene rings is 4. The van der Waals surface area contributed by atoms with Gasteiger partial charge in [-0.1, -0.05) is 34.9 Å². The number of aromatic nitrogens is 2. The van der Waals surface area contributed by atoms with E-state index >= 15 is 9.59 Å². The molecule has 6 atom stereocenters. The van der Waals surface area contributed by atoms with Gasteiger partial charge in [-0.05, 0) is 128 Å². The monoisotopic (exact) mass is 897 g/mol. The van der Waals surface area contributed by atoms with Crippen molar-refractivity contribution in [1.82, 2.24) is 9.78 Å². The number of imide groups is 2. The summed E-state index contributed by atoms with van der Waals surface area (Å²) >= 11 is 14.5. The Kier molecular flexibility index (Phi) is 9.73. The summed E-state index contributed by atoms with van der Waals surface area (Å²) in [6.07, 6.45) is 2.33. The summed E-state index contributed by atoms with van der Waals surface area (Å²) in [6.45, 7) is 3.77. The molecule has 3 unspecified atom stereocenters. The molecule has 2 saturated heterocycles. The third-order valence-corrected chi connectivity index (χ3v) is 15.3. The van der Waals surface area contributed by atoms with Crippen molar-refractivity contribution in [3.8, 4) is 16.3 Å². The van der Waals surface area contributed by atoms with Gasteiger partial charge in [-0.2, -0.15) is 15.3 Å². The van der Waals surface area contributed by atoms with Crippen LogP contribution in [0.15, 0.2) is 113 Å². The van der Waals surface area contributed by atoms with Crippen molar-refractivity contribution in [1.29, 1.82) is 0 Å². The number of amides is 4. The van der Waals surface area contributed by atoms with Crippen molar-refractivity contribution in [2.24, 2.45) is 46.4 Å². The number of anilines is 3.